The highest BCUT2D eigenvalue weighted by atomic mass is 35.5. The Morgan fingerprint density at radius 2 is 1.90 bits per heavy atom. The number of carbonyl (C=O) groups excluding carboxylic acids is 2. The Morgan fingerprint density at radius 3 is 2.59 bits per heavy atom. The van der Waals surface area contributed by atoms with Crippen molar-refractivity contribution in [3.63, 3.8) is 0 Å². The second-order valence-electron chi connectivity index (χ2n) is 7.34. The van der Waals surface area contributed by atoms with Gasteiger partial charge in [0, 0.05) is 16.3 Å². The highest BCUT2D eigenvalue weighted by Crippen LogP contribution is 2.38. The average molecular weight is 409 g/mol. The zero-order valence-electron chi connectivity index (χ0n) is 16.4. The van der Waals surface area contributed by atoms with Crippen LogP contribution >= 0.6 is 11.6 Å². The molecule has 148 valence electrons. The standard InChI is InChI=1S/C22H21ClN4O2/c1-12-4-9-17(13(2)10-12)24-19(28)11-18-22(29)25-21-20(14(3)26-27(18)21)15-5-7-16(23)8-6-15/h4-10,18H,11H2,1-3H3,(H,24,28)(H,25,29). The number of benzene rings is 2. The van der Waals surface area contributed by atoms with E-state index in [1.54, 1.807) is 16.8 Å². The molecule has 2 aromatic carbocycles. The molecule has 7 heteroatoms. The lowest BCUT2D eigenvalue weighted by Crippen LogP contribution is -2.24. The fourth-order valence-corrected chi connectivity index (χ4v) is 3.80. The smallest absolute Gasteiger partial charge is 0.251 e. The number of aryl methyl sites for hydroxylation is 3. The minimum absolute atomic E-state index is 0.00727. The molecule has 0 spiro atoms. The van der Waals surface area contributed by atoms with Crippen LogP contribution in [0.25, 0.3) is 11.1 Å². The van der Waals surface area contributed by atoms with Gasteiger partial charge in [-0.05, 0) is 50.1 Å². The first-order chi connectivity index (χ1) is 13.8. The lowest BCUT2D eigenvalue weighted by atomic mass is 10.1. The molecule has 3 aromatic rings. The normalized spacial score (nSPS) is 15.2. The van der Waals surface area contributed by atoms with Crippen LogP contribution in [0.4, 0.5) is 11.5 Å². The average Bonchev–Trinajstić information content (AvgIpc) is 3.13. The van der Waals surface area contributed by atoms with E-state index in [1.165, 1.54) is 0 Å². The molecule has 0 saturated heterocycles. The van der Waals surface area contributed by atoms with Gasteiger partial charge in [0.2, 0.25) is 5.91 Å². The van der Waals surface area contributed by atoms with Crippen molar-refractivity contribution in [1.82, 2.24) is 9.78 Å². The molecule has 0 bridgehead atoms. The van der Waals surface area contributed by atoms with E-state index in [0.717, 1.165) is 33.6 Å². The summed E-state index contributed by atoms with van der Waals surface area (Å²) in [5, 5.41) is 11.0. The molecule has 6 nitrogen and oxygen atoms in total. The first-order valence-electron chi connectivity index (χ1n) is 9.36. The van der Waals surface area contributed by atoms with Gasteiger partial charge < -0.3 is 10.6 Å². The van der Waals surface area contributed by atoms with Crippen molar-refractivity contribution >= 4 is 34.9 Å². The van der Waals surface area contributed by atoms with Gasteiger partial charge in [-0.3, -0.25) is 9.59 Å². The molecule has 1 aliphatic heterocycles. The molecule has 1 aromatic heterocycles. The van der Waals surface area contributed by atoms with Gasteiger partial charge in [0.05, 0.1) is 12.1 Å². The Bertz CT molecular complexity index is 1120. The third-order valence-electron chi connectivity index (χ3n) is 5.09. The number of halogens is 1. The second kappa shape index (κ2) is 7.37. The molecule has 2 N–H and O–H groups in total. The van der Waals surface area contributed by atoms with Crippen molar-refractivity contribution in [1.29, 1.82) is 0 Å². The predicted octanol–water partition coefficient (Wildman–Crippen LogP) is 4.65. The number of amides is 2. The van der Waals surface area contributed by atoms with Crippen molar-refractivity contribution < 1.29 is 9.59 Å². The van der Waals surface area contributed by atoms with Crippen molar-refractivity contribution in [2.45, 2.75) is 33.2 Å². The molecular weight excluding hydrogens is 388 g/mol. The van der Waals surface area contributed by atoms with Gasteiger partial charge in [-0.15, -0.1) is 0 Å². The van der Waals surface area contributed by atoms with E-state index in [4.69, 9.17) is 11.6 Å². The molecule has 1 aliphatic rings. The van der Waals surface area contributed by atoms with Crippen LogP contribution in [-0.2, 0) is 9.59 Å². The molecule has 0 aliphatic carbocycles. The Hall–Kier alpha value is -3.12. The number of rotatable bonds is 4. The molecule has 4 rings (SSSR count). The summed E-state index contributed by atoms with van der Waals surface area (Å²) in [5.41, 5.74) is 5.39. The number of fused-ring (bicyclic) bond motifs is 1. The topological polar surface area (TPSA) is 76.0 Å². The number of aromatic nitrogens is 2. The predicted molar refractivity (Wildman–Crippen MR) is 114 cm³/mol. The van der Waals surface area contributed by atoms with Crippen molar-refractivity contribution in [2.75, 3.05) is 10.6 Å². The van der Waals surface area contributed by atoms with Gasteiger partial charge >= 0.3 is 0 Å². The summed E-state index contributed by atoms with van der Waals surface area (Å²) in [5.74, 6) is 0.142. The number of hydrogen-bond donors (Lipinski definition) is 2. The summed E-state index contributed by atoms with van der Waals surface area (Å²) in [4.78, 5) is 25.2. The van der Waals surface area contributed by atoms with Gasteiger partial charge in [-0.25, -0.2) is 4.68 Å². The van der Waals surface area contributed by atoms with Crippen LogP contribution in [0.5, 0.6) is 0 Å². The van der Waals surface area contributed by atoms with E-state index >= 15 is 0 Å². The minimum Gasteiger partial charge on any atom is -0.326 e. The molecular formula is C22H21ClN4O2. The van der Waals surface area contributed by atoms with Crippen LogP contribution in [0.2, 0.25) is 5.02 Å². The Morgan fingerprint density at radius 1 is 1.17 bits per heavy atom. The lowest BCUT2D eigenvalue weighted by molar-refractivity contribution is -0.123. The molecule has 1 atom stereocenters. The van der Waals surface area contributed by atoms with Crippen LogP contribution in [0, 0.1) is 20.8 Å². The maximum absolute atomic E-state index is 12.6. The van der Waals surface area contributed by atoms with Crippen molar-refractivity contribution in [3.8, 4) is 11.1 Å². The summed E-state index contributed by atoms with van der Waals surface area (Å²) in [6.45, 7) is 5.83. The van der Waals surface area contributed by atoms with E-state index < -0.39 is 6.04 Å². The van der Waals surface area contributed by atoms with Crippen molar-refractivity contribution in [2.24, 2.45) is 0 Å². The van der Waals surface area contributed by atoms with Crippen LogP contribution in [-0.4, -0.2) is 21.6 Å². The Labute approximate surface area is 173 Å². The summed E-state index contributed by atoms with van der Waals surface area (Å²) < 4.78 is 1.61. The molecule has 0 fully saturated rings. The zero-order chi connectivity index (χ0) is 20.7. The molecule has 2 amide bonds. The van der Waals surface area contributed by atoms with Crippen LogP contribution in [0.3, 0.4) is 0 Å². The highest BCUT2D eigenvalue weighted by Gasteiger charge is 2.36. The molecule has 29 heavy (non-hydrogen) atoms. The maximum Gasteiger partial charge on any atom is 0.251 e. The minimum atomic E-state index is -0.685. The summed E-state index contributed by atoms with van der Waals surface area (Å²) in [6.07, 6.45) is 0.00727. The van der Waals surface area contributed by atoms with Gasteiger partial charge in [-0.2, -0.15) is 5.10 Å². The largest absolute Gasteiger partial charge is 0.326 e. The van der Waals surface area contributed by atoms with E-state index in [-0.39, 0.29) is 18.2 Å². The van der Waals surface area contributed by atoms with E-state index in [9.17, 15) is 9.59 Å². The fraction of sp³-hybridized carbons (Fsp3) is 0.227. The van der Waals surface area contributed by atoms with Gasteiger partial charge in [0.25, 0.3) is 5.91 Å². The van der Waals surface area contributed by atoms with Crippen LogP contribution in [0.1, 0.15) is 29.3 Å². The van der Waals surface area contributed by atoms with E-state index in [2.05, 4.69) is 15.7 Å². The molecule has 1 unspecified atom stereocenters. The fourth-order valence-electron chi connectivity index (χ4n) is 3.68. The highest BCUT2D eigenvalue weighted by molar-refractivity contribution is 6.30. The quantitative estimate of drug-likeness (QED) is 0.659. The zero-order valence-corrected chi connectivity index (χ0v) is 17.2. The third-order valence-corrected chi connectivity index (χ3v) is 5.34. The Kier molecular flexibility index (Phi) is 4.88. The maximum atomic E-state index is 12.6. The molecule has 0 radical (unpaired) electrons. The Balaban J connectivity index is 1.58. The van der Waals surface area contributed by atoms with Crippen LogP contribution in [0.15, 0.2) is 42.5 Å². The summed E-state index contributed by atoms with van der Waals surface area (Å²) >= 11 is 5.98. The molecule has 0 saturated carbocycles. The van der Waals surface area contributed by atoms with E-state index in [0.29, 0.717) is 10.8 Å². The number of anilines is 2. The van der Waals surface area contributed by atoms with Gasteiger partial charge in [0.15, 0.2) is 0 Å². The second-order valence-corrected chi connectivity index (χ2v) is 7.77. The summed E-state index contributed by atoms with van der Waals surface area (Å²) in [6, 6.07) is 12.5. The number of carbonyl (C=O) groups is 2. The summed E-state index contributed by atoms with van der Waals surface area (Å²) in [7, 11) is 0. The number of nitrogens with zero attached hydrogens (tertiary/aromatic N) is 2. The molecule has 2 heterocycles. The van der Waals surface area contributed by atoms with E-state index in [1.807, 2.05) is 51.1 Å². The lowest BCUT2D eigenvalue weighted by Gasteiger charge is -2.12. The SMILES string of the molecule is Cc1ccc(NC(=O)CC2C(=O)Nc3c(-c4ccc(Cl)cc4)c(C)nn32)c(C)c1. The number of nitrogens with one attached hydrogen (secondary N) is 2. The third kappa shape index (κ3) is 3.63. The van der Waals surface area contributed by atoms with Gasteiger partial charge in [-0.1, -0.05) is 41.4 Å². The number of hydrogen-bond acceptors (Lipinski definition) is 3. The monoisotopic (exact) mass is 408 g/mol. The first-order valence-corrected chi connectivity index (χ1v) is 9.74. The first kappa shape index (κ1) is 19.2. The van der Waals surface area contributed by atoms with Crippen LogP contribution < -0.4 is 10.6 Å². The van der Waals surface area contributed by atoms with Gasteiger partial charge in [0.1, 0.15) is 11.9 Å². The van der Waals surface area contributed by atoms with Crippen molar-refractivity contribution in [3.05, 3.63) is 64.3 Å².